The highest BCUT2D eigenvalue weighted by molar-refractivity contribution is 5.92. The van der Waals surface area contributed by atoms with Crippen molar-refractivity contribution in [2.75, 3.05) is 12.3 Å². The predicted octanol–water partition coefficient (Wildman–Crippen LogP) is 1.92. The van der Waals surface area contributed by atoms with Gasteiger partial charge in [0.2, 0.25) is 0 Å². The van der Waals surface area contributed by atoms with Gasteiger partial charge in [-0.3, -0.25) is 4.79 Å². The topological polar surface area (TPSA) is 72.4 Å². The summed E-state index contributed by atoms with van der Waals surface area (Å²) in [6.45, 7) is 3.06. The molecule has 1 amide bonds. The van der Waals surface area contributed by atoms with Gasteiger partial charge < -0.3 is 15.2 Å². The summed E-state index contributed by atoms with van der Waals surface area (Å²) in [7, 11) is 0. The van der Waals surface area contributed by atoms with Gasteiger partial charge in [-0.15, -0.1) is 0 Å². The van der Waals surface area contributed by atoms with E-state index in [-0.39, 0.29) is 5.91 Å². The van der Waals surface area contributed by atoms with Crippen molar-refractivity contribution >= 4 is 11.6 Å². The van der Waals surface area contributed by atoms with E-state index in [1.165, 1.54) is 6.26 Å². The monoisotopic (exact) mass is 245 g/mol. The quantitative estimate of drug-likeness (QED) is 0.835. The fourth-order valence-corrected chi connectivity index (χ4v) is 1.66. The molecule has 5 nitrogen and oxygen atoms in total. The molecule has 2 aromatic rings. The minimum Gasteiger partial charge on any atom is -0.399 e. The molecule has 0 unspecified atom stereocenters. The van der Waals surface area contributed by atoms with Crippen LogP contribution in [0.1, 0.15) is 23.0 Å². The summed E-state index contributed by atoms with van der Waals surface area (Å²) in [6, 6.07) is 9.03. The number of amides is 1. The van der Waals surface area contributed by atoms with Gasteiger partial charge in [0, 0.05) is 24.8 Å². The molecule has 18 heavy (non-hydrogen) atoms. The Morgan fingerprint density at radius 3 is 2.61 bits per heavy atom. The Morgan fingerprint density at radius 1 is 1.33 bits per heavy atom. The number of carbonyl (C=O) groups is 1. The molecule has 0 aliphatic carbocycles. The van der Waals surface area contributed by atoms with Crippen LogP contribution >= 0.6 is 0 Å². The number of nitrogen functional groups attached to an aromatic ring is 1. The average Bonchev–Trinajstić information content (AvgIpc) is 2.91. The predicted molar refractivity (Wildman–Crippen MR) is 67.8 cm³/mol. The van der Waals surface area contributed by atoms with Gasteiger partial charge in [0.05, 0.1) is 0 Å². The van der Waals surface area contributed by atoms with Crippen molar-refractivity contribution in [2.24, 2.45) is 0 Å². The molecule has 0 saturated heterocycles. The number of nitrogens with zero attached hydrogens (tertiary/aromatic N) is 2. The van der Waals surface area contributed by atoms with E-state index < -0.39 is 0 Å². The van der Waals surface area contributed by atoms with Crippen molar-refractivity contribution in [1.82, 2.24) is 10.1 Å². The summed E-state index contributed by atoms with van der Waals surface area (Å²) in [5.74, 6) is -0.136. The number of hydrogen-bond acceptors (Lipinski definition) is 4. The molecule has 2 rings (SSSR count). The summed E-state index contributed by atoms with van der Waals surface area (Å²) in [4.78, 5) is 13.8. The second-order valence-corrected chi connectivity index (χ2v) is 3.95. The molecule has 2 N–H and O–H groups in total. The molecule has 0 fully saturated rings. The molecule has 0 aliphatic heterocycles. The molecule has 0 spiro atoms. The first-order valence-corrected chi connectivity index (χ1v) is 5.74. The van der Waals surface area contributed by atoms with Gasteiger partial charge in [-0.2, -0.15) is 0 Å². The minimum absolute atomic E-state index is 0.136. The smallest absolute Gasteiger partial charge is 0.276 e. The lowest BCUT2D eigenvalue weighted by Gasteiger charge is -2.19. The van der Waals surface area contributed by atoms with Crippen LogP contribution in [0.15, 0.2) is 41.1 Å². The Bertz CT molecular complexity index is 506. The van der Waals surface area contributed by atoms with E-state index >= 15 is 0 Å². The summed E-state index contributed by atoms with van der Waals surface area (Å²) in [5.41, 5.74) is 7.69. The largest absolute Gasteiger partial charge is 0.399 e. The Labute approximate surface area is 105 Å². The first-order valence-electron chi connectivity index (χ1n) is 5.74. The highest BCUT2D eigenvalue weighted by Gasteiger charge is 2.16. The molecule has 0 saturated carbocycles. The Morgan fingerprint density at radius 2 is 2.06 bits per heavy atom. The van der Waals surface area contributed by atoms with Gasteiger partial charge >= 0.3 is 0 Å². The van der Waals surface area contributed by atoms with Crippen LogP contribution in [0.5, 0.6) is 0 Å². The first-order chi connectivity index (χ1) is 8.70. The van der Waals surface area contributed by atoms with Crippen molar-refractivity contribution < 1.29 is 9.32 Å². The molecule has 1 aromatic carbocycles. The maximum Gasteiger partial charge on any atom is 0.276 e. The fourth-order valence-electron chi connectivity index (χ4n) is 1.66. The first kappa shape index (κ1) is 12.2. The molecule has 0 atom stereocenters. The van der Waals surface area contributed by atoms with Crippen molar-refractivity contribution in [3.63, 3.8) is 0 Å². The molecule has 1 aromatic heterocycles. The van der Waals surface area contributed by atoms with Crippen LogP contribution in [0, 0.1) is 0 Å². The Kier molecular flexibility index (Phi) is 3.62. The van der Waals surface area contributed by atoms with E-state index in [2.05, 4.69) is 9.68 Å². The maximum atomic E-state index is 12.1. The molecule has 0 aliphatic rings. The number of benzene rings is 1. The van der Waals surface area contributed by atoms with Crippen LogP contribution in [0.25, 0.3) is 0 Å². The van der Waals surface area contributed by atoms with Crippen LogP contribution in [-0.4, -0.2) is 22.5 Å². The molecular formula is C13H15N3O2. The lowest BCUT2D eigenvalue weighted by molar-refractivity contribution is 0.0742. The summed E-state index contributed by atoms with van der Waals surface area (Å²) < 4.78 is 4.68. The van der Waals surface area contributed by atoms with E-state index in [0.29, 0.717) is 24.5 Å². The third-order valence-corrected chi connectivity index (χ3v) is 2.68. The van der Waals surface area contributed by atoms with E-state index in [9.17, 15) is 4.79 Å². The molecule has 0 radical (unpaired) electrons. The molecule has 1 heterocycles. The Balaban J connectivity index is 2.10. The van der Waals surface area contributed by atoms with Gasteiger partial charge in [-0.1, -0.05) is 17.3 Å². The van der Waals surface area contributed by atoms with Crippen LogP contribution < -0.4 is 5.73 Å². The van der Waals surface area contributed by atoms with Crippen LogP contribution in [0.2, 0.25) is 0 Å². The van der Waals surface area contributed by atoms with Gasteiger partial charge in [0.15, 0.2) is 5.69 Å². The van der Waals surface area contributed by atoms with Crippen molar-refractivity contribution in [1.29, 1.82) is 0 Å². The number of hydrogen-bond donors (Lipinski definition) is 1. The van der Waals surface area contributed by atoms with Crippen molar-refractivity contribution in [3.05, 3.63) is 47.9 Å². The second kappa shape index (κ2) is 5.35. The number of aromatic nitrogens is 1. The van der Waals surface area contributed by atoms with Crippen molar-refractivity contribution in [2.45, 2.75) is 13.5 Å². The summed E-state index contributed by atoms with van der Waals surface area (Å²) >= 11 is 0. The molecule has 0 bridgehead atoms. The van der Waals surface area contributed by atoms with E-state index in [0.717, 1.165) is 5.56 Å². The molecular weight excluding hydrogens is 230 g/mol. The second-order valence-electron chi connectivity index (χ2n) is 3.95. The lowest BCUT2D eigenvalue weighted by atomic mass is 10.2. The molecule has 5 heteroatoms. The third kappa shape index (κ3) is 2.68. The van der Waals surface area contributed by atoms with Crippen LogP contribution in [0.3, 0.4) is 0 Å². The van der Waals surface area contributed by atoms with Crippen molar-refractivity contribution in [3.8, 4) is 0 Å². The highest BCUT2D eigenvalue weighted by atomic mass is 16.5. The lowest BCUT2D eigenvalue weighted by Crippen LogP contribution is -2.30. The SMILES string of the molecule is CCN(Cc1ccc(N)cc1)C(=O)c1ccon1. The van der Waals surface area contributed by atoms with Crippen LogP contribution in [-0.2, 0) is 6.54 Å². The summed E-state index contributed by atoms with van der Waals surface area (Å²) in [5, 5.41) is 3.65. The number of rotatable bonds is 4. The Hall–Kier alpha value is -2.30. The van der Waals surface area contributed by atoms with Gasteiger partial charge in [0.1, 0.15) is 6.26 Å². The number of anilines is 1. The minimum atomic E-state index is -0.136. The maximum absolute atomic E-state index is 12.1. The van der Waals surface area contributed by atoms with E-state index in [4.69, 9.17) is 5.73 Å². The highest BCUT2D eigenvalue weighted by Crippen LogP contribution is 2.11. The average molecular weight is 245 g/mol. The fraction of sp³-hybridized carbons (Fsp3) is 0.231. The van der Waals surface area contributed by atoms with E-state index in [1.54, 1.807) is 11.0 Å². The van der Waals surface area contributed by atoms with Gasteiger partial charge in [-0.25, -0.2) is 0 Å². The third-order valence-electron chi connectivity index (χ3n) is 2.68. The number of carbonyl (C=O) groups excluding carboxylic acids is 1. The zero-order chi connectivity index (χ0) is 13.0. The summed E-state index contributed by atoms with van der Waals surface area (Å²) in [6.07, 6.45) is 1.39. The number of nitrogens with two attached hydrogens (primary N) is 1. The normalized spacial score (nSPS) is 10.3. The van der Waals surface area contributed by atoms with Gasteiger partial charge in [0.25, 0.3) is 5.91 Å². The van der Waals surface area contributed by atoms with Gasteiger partial charge in [-0.05, 0) is 24.6 Å². The standard InChI is InChI=1S/C13H15N3O2/c1-2-16(13(17)12-7-8-18-15-12)9-10-3-5-11(14)6-4-10/h3-8H,2,9,14H2,1H3. The van der Waals surface area contributed by atoms with Crippen LogP contribution in [0.4, 0.5) is 5.69 Å². The zero-order valence-electron chi connectivity index (χ0n) is 10.2. The zero-order valence-corrected chi connectivity index (χ0v) is 10.2. The molecule has 94 valence electrons. The van der Waals surface area contributed by atoms with E-state index in [1.807, 2.05) is 31.2 Å².